The summed E-state index contributed by atoms with van der Waals surface area (Å²) in [5.74, 6) is 1.55. The van der Waals surface area contributed by atoms with Gasteiger partial charge in [-0.05, 0) is 57.0 Å². The van der Waals surface area contributed by atoms with E-state index in [9.17, 15) is 4.79 Å². The van der Waals surface area contributed by atoms with Gasteiger partial charge in [0.05, 0.1) is 19.8 Å². The summed E-state index contributed by atoms with van der Waals surface area (Å²) in [6.45, 7) is 4.08. The maximum atomic E-state index is 12.5. The van der Waals surface area contributed by atoms with Crippen molar-refractivity contribution < 1.29 is 14.3 Å². The molecule has 2 atom stereocenters. The van der Waals surface area contributed by atoms with Crippen LogP contribution < -0.4 is 20.1 Å². The van der Waals surface area contributed by atoms with Gasteiger partial charge in [-0.3, -0.25) is 4.79 Å². The minimum absolute atomic E-state index is 0. The molecule has 124 valence electrons. The number of rotatable bonds is 5. The molecule has 5 nitrogen and oxygen atoms in total. The quantitative estimate of drug-likeness (QED) is 0.870. The number of methoxy groups -OCH3 is 2. The van der Waals surface area contributed by atoms with Gasteiger partial charge in [-0.2, -0.15) is 0 Å². The second kappa shape index (κ2) is 8.86. The topological polar surface area (TPSA) is 59.6 Å². The van der Waals surface area contributed by atoms with E-state index in [0.717, 1.165) is 25.9 Å². The SMILES string of the molecule is COc1ccc(OC)c(C(=O)NC(C)C2CCCNC2)c1.Cl. The van der Waals surface area contributed by atoms with E-state index in [1.54, 1.807) is 32.4 Å². The molecule has 1 saturated heterocycles. The molecule has 1 aromatic rings. The zero-order chi connectivity index (χ0) is 15.2. The molecule has 1 aliphatic heterocycles. The van der Waals surface area contributed by atoms with Gasteiger partial charge in [0.15, 0.2) is 0 Å². The van der Waals surface area contributed by atoms with Crippen molar-refractivity contribution in [3.05, 3.63) is 23.8 Å². The van der Waals surface area contributed by atoms with Gasteiger partial charge in [-0.25, -0.2) is 0 Å². The van der Waals surface area contributed by atoms with Crippen molar-refractivity contribution in [2.24, 2.45) is 5.92 Å². The highest BCUT2D eigenvalue weighted by molar-refractivity contribution is 5.97. The van der Waals surface area contributed by atoms with E-state index < -0.39 is 0 Å². The van der Waals surface area contributed by atoms with Crippen molar-refractivity contribution in [3.63, 3.8) is 0 Å². The Labute approximate surface area is 138 Å². The lowest BCUT2D eigenvalue weighted by molar-refractivity contribution is 0.0918. The smallest absolute Gasteiger partial charge is 0.255 e. The molecule has 0 radical (unpaired) electrons. The summed E-state index contributed by atoms with van der Waals surface area (Å²) >= 11 is 0. The third-order valence-corrected chi connectivity index (χ3v) is 4.05. The fourth-order valence-corrected chi connectivity index (χ4v) is 2.70. The van der Waals surface area contributed by atoms with Crippen LogP contribution in [0.4, 0.5) is 0 Å². The van der Waals surface area contributed by atoms with E-state index in [1.165, 1.54) is 0 Å². The van der Waals surface area contributed by atoms with Gasteiger partial charge in [0.2, 0.25) is 0 Å². The number of ether oxygens (including phenoxy) is 2. The third-order valence-electron chi connectivity index (χ3n) is 4.05. The Morgan fingerprint density at radius 3 is 2.73 bits per heavy atom. The fraction of sp³-hybridized carbons (Fsp3) is 0.562. The van der Waals surface area contributed by atoms with Crippen LogP contribution in [-0.2, 0) is 0 Å². The lowest BCUT2D eigenvalue weighted by atomic mass is 9.92. The number of benzene rings is 1. The first-order valence-corrected chi connectivity index (χ1v) is 7.39. The zero-order valence-corrected chi connectivity index (χ0v) is 14.2. The van der Waals surface area contributed by atoms with Crippen molar-refractivity contribution in [2.75, 3.05) is 27.3 Å². The van der Waals surface area contributed by atoms with Crippen molar-refractivity contribution in [2.45, 2.75) is 25.8 Å². The second-order valence-corrected chi connectivity index (χ2v) is 5.43. The first-order valence-electron chi connectivity index (χ1n) is 7.39. The lowest BCUT2D eigenvalue weighted by Gasteiger charge is -2.29. The van der Waals surface area contributed by atoms with Gasteiger partial charge in [0, 0.05) is 6.04 Å². The predicted molar refractivity (Wildman–Crippen MR) is 89.3 cm³/mol. The Balaban J connectivity index is 0.00000242. The maximum absolute atomic E-state index is 12.5. The zero-order valence-electron chi connectivity index (χ0n) is 13.3. The molecular weight excluding hydrogens is 304 g/mol. The second-order valence-electron chi connectivity index (χ2n) is 5.43. The van der Waals surface area contributed by atoms with Crippen LogP contribution >= 0.6 is 12.4 Å². The third kappa shape index (κ3) is 4.52. The van der Waals surface area contributed by atoms with E-state index in [1.807, 2.05) is 0 Å². The highest BCUT2D eigenvalue weighted by Gasteiger charge is 2.23. The summed E-state index contributed by atoms with van der Waals surface area (Å²) in [5, 5.41) is 6.45. The minimum atomic E-state index is -0.121. The summed E-state index contributed by atoms with van der Waals surface area (Å²) in [6.07, 6.45) is 2.30. The molecule has 0 bridgehead atoms. The molecule has 0 spiro atoms. The molecule has 0 aromatic heterocycles. The van der Waals surface area contributed by atoms with Crippen LogP contribution in [0.2, 0.25) is 0 Å². The van der Waals surface area contributed by atoms with E-state index in [4.69, 9.17) is 9.47 Å². The first kappa shape index (κ1) is 18.6. The van der Waals surface area contributed by atoms with E-state index >= 15 is 0 Å². The molecule has 1 fully saturated rings. The van der Waals surface area contributed by atoms with Crippen LogP contribution in [0.25, 0.3) is 0 Å². The Hall–Kier alpha value is -1.46. The Morgan fingerprint density at radius 2 is 2.14 bits per heavy atom. The molecule has 2 N–H and O–H groups in total. The molecule has 6 heteroatoms. The minimum Gasteiger partial charge on any atom is -0.497 e. The van der Waals surface area contributed by atoms with E-state index in [2.05, 4.69) is 17.6 Å². The molecule has 2 rings (SSSR count). The van der Waals surface area contributed by atoms with Crippen molar-refractivity contribution >= 4 is 18.3 Å². The number of hydrogen-bond acceptors (Lipinski definition) is 4. The van der Waals surface area contributed by atoms with Gasteiger partial charge < -0.3 is 20.1 Å². The molecule has 22 heavy (non-hydrogen) atoms. The van der Waals surface area contributed by atoms with Crippen molar-refractivity contribution in [3.8, 4) is 11.5 Å². The summed E-state index contributed by atoms with van der Waals surface area (Å²) in [6, 6.07) is 5.37. The van der Waals surface area contributed by atoms with Crippen LogP contribution in [0.5, 0.6) is 11.5 Å². The molecular formula is C16H25ClN2O3. The Kier molecular flexibility index (Phi) is 7.48. The summed E-state index contributed by atoms with van der Waals surface area (Å²) in [7, 11) is 3.15. The normalized spacial score (nSPS) is 18.8. The van der Waals surface area contributed by atoms with Crippen molar-refractivity contribution in [1.29, 1.82) is 0 Å². The number of piperidine rings is 1. The lowest BCUT2D eigenvalue weighted by Crippen LogP contribution is -2.44. The molecule has 2 unspecified atom stereocenters. The molecule has 0 aliphatic carbocycles. The van der Waals surface area contributed by atoms with Gasteiger partial charge in [0.25, 0.3) is 5.91 Å². The summed E-state index contributed by atoms with van der Waals surface area (Å²) in [5.41, 5.74) is 0.507. The number of halogens is 1. The average molecular weight is 329 g/mol. The Morgan fingerprint density at radius 1 is 1.36 bits per heavy atom. The van der Waals surface area contributed by atoms with Gasteiger partial charge in [-0.1, -0.05) is 0 Å². The number of hydrogen-bond donors (Lipinski definition) is 2. The van der Waals surface area contributed by atoms with Crippen LogP contribution in [0.3, 0.4) is 0 Å². The highest BCUT2D eigenvalue weighted by Crippen LogP contribution is 2.24. The molecule has 1 aliphatic rings. The van der Waals surface area contributed by atoms with E-state index in [-0.39, 0.29) is 24.4 Å². The Bertz CT molecular complexity index is 490. The predicted octanol–water partition coefficient (Wildman–Crippen LogP) is 2.24. The number of carbonyl (C=O) groups is 1. The number of amides is 1. The summed E-state index contributed by atoms with van der Waals surface area (Å²) < 4.78 is 10.4. The largest absolute Gasteiger partial charge is 0.497 e. The molecule has 1 amide bonds. The maximum Gasteiger partial charge on any atom is 0.255 e. The number of carbonyl (C=O) groups excluding carboxylic acids is 1. The first-order chi connectivity index (χ1) is 10.2. The molecule has 0 saturated carbocycles. The highest BCUT2D eigenvalue weighted by atomic mass is 35.5. The van der Waals surface area contributed by atoms with Crippen LogP contribution in [-0.4, -0.2) is 39.3 Å². The van der Waals surface area contributed by atoms with Gasteiger partial charge >= 0.3 is 0 Å². The van der Waals surface area contributed by atoms with Gasteiger partial charge in [0.1, 0.15) is 11.5 Å². The van der Waals surface area contributed by atoms with Crippen molar-refractivity contribution in [1.82, 2.24) is 10.6 Å². The molecule has 1 aromatic carbocycles. The summed E-state index contributed by atoms with van der Waals surface area (Å²) in [4.78, 5) is 12.5. The monoisotopic (exact) mass is 328 g/mol. The van der Waals surface area contributed by atoms with Crippen LogP contribution in [0.15, 0.2) is 18.2 Å². The van der Waals surface area contributed by atoms with Crippen LogP contribution in [0.1, 0.15) is 30.1 Å². The number of nitrogens with one attached hydrogen (secondary N) is 2. The average Bonchev–Trinajstić information content (AvgIpc) is 2.54. The van der Waals surface area contributed by atoms with Crippen LogP contribution in [0, 0.1) is 5.92 Å². The molecule has 1 heterocycles. The fourth-order valence-electron chi connectivity index (χ4n) is 2.70. The van der Waals surface area contributed by atoms with E-state index in [0.29, 0.717) is 23.0 Å². The van der Waals surface area contributed by atoms with Gasteiger partial charge in [-0.15, -0.1) is 12.4 Å². The standard InChI is InChI=1S/C16H24N2O3.ClH/c1-11(12-5-4-8-17-10-12)18-16(19)14-9-13(20-2)6-7-15(14)21-3;/h6-7,9,11-12,17H,4-5,8,10H2,1-3H3,(H,18,19);1H.